The third-order valence-electron chi connectivity index (χ3n) is 3.72. The van der Waals surface area contributed by atoms with Crippen molar-refractivity contribution in [1.82, 2.24) is 5.32 Å². The Morgan fingerprint density at radius 2 is 1.60 bits per heavy atom. The summed E-state index contributed by atoms with van der Waals surface area (Å²) in [4.78, 5) is 18.2. The molecule has 1 rings (SSSR count). The molecular weight excluding hydrogens is 322 g/mol. The van der Waals surface area contributed by atoms with Crippen molar-refractivity contribution in [3.05, 3.63) is 29.8 Å². The van der Waals surface area contributed by atoms with Crippen LogP contribution in [-0.2, 0) is 9.59 Å². The Kier molecular flexibility index (Phi) is 13.1. The van der Waals surface area contributed by atoms with Gasteiger partial charge < -0.3 is 20.3 Å². The van der Waals surface area contributed by atoms with Crippen molar-refractivity contribution in [2.45, 2.75) is 52.4 Å². The molecule has 3 N–H and O–H groups in total. The molecule has 0 fully saturated rings. The van der Waals surface area contributed by atoms with Crippen molar-refractivity contribution in [2.24, 2.45) is 0 Å². The van der Waals surface area contributed by atoms with Crippen LogP contribution in [0.5, 0.6) is 5.75 Å². The molecule has 0 radical (unpaired) electrons. The molecule has 0 saturated carbocycles. The van der Waals surface area contributed by atoms with Crippen LogP contribution < -0.4 is 10.1 Å². The maximum absolute atomic E-state index is 9.10. The van der Waals surface area contributed by atoms with E-state index in [1.807, 2.05) is 0 Å². The van der Waals surface area contributed by atoms with Crippen LogP contribution in [0.1, 0.15) is 57.9 Å². The zero-order valence-electron chi connectivity index (χ0n) is 15.5. The topological polar surface area (TPSA) is 95.9 Å². The molecule has 0 aliphatic rings. The minimum atomic E-state index is -1.82. The van der Waals surface area contributed by atoms with E-state index in [-0.39, 0.29) is 0 Å². The molecule has 0 aliphatic heterocycles. The number of ether oxygens (including phenoxy) is 1. The van der Waals surface area contributed by atoms with Gasteiger partial charge in [-0.15, -0.1) is 0 Å². The molecule has 6 nitrogen and oxygen atoms in total. The standard InChI is InChI=1S/C17H29NO.C2H2O4/c1-4-6-12-18-13-7-14-19-17-10-8-16(9-11-17)15(3)5-2;3-1(4)2(5)6/h8-11,15,18H,4-7,12-14H2,1-3H3;(H,3,4)(H,5,6). The highest BCUT2D eigenvalue weighted by atomic mass is 16.5. The minimum Gasteiger partial charge on any atom is -0.494 e. The Bertz CT molecular complexity index is 475. The average molecular weight is 353 g/mol. The number of carboxylic acid groups (broad SMARTS) is 2. The van der Waals surface area contributed by atoms with E-state index in [0.29, 0.717) is 5.92 Å². The van der Waals surface area contributed by atoms with Gasteiger partial charge in [0.1, 0.15) is 5.75 Å². The van der Waals surface area contributed by atoms with E-state index in [2.05, 4.69) is 50.4 Å². The Balaban J connectivity index is 0.000000823. The van der Waals surface area contributed by atoms with Crippen LogP contribution in [0.4, 0.5) is 0 Å². The van der Waals surface area contributed by atoms with Crippen LogP contribution in [-0.4, -0.2) is 41.8 Å². The van der Waals surface area contributed by atoms with E-state index < -0.39 is 11.9 Å². The molecule has 25 heavy (non-hydrogen) atoms. The Morgan fingerprint density at radius 3 is 2.08 bits per heavy atom. The number of hydrogen-bond acceptors (Lipinski definition) is 4. The van der Waals surface area contributed by atoms with E-state index in [0.717, 1.165) is 31.9 Å². The van der Waals surface area contributed by atoms with Crippen LogP contribution in [0.25, 0.3) is 0 Å². The fraction of sp³-hybridized carbons (Fsp3) is 0.579. The molecule has 0 aliphatic carbocycles. The lowest BCUT2D eigenvalue weighted by Crippen LogP contribution is -2.18. The molecule has 0 heterocycles. The van der Waals surface area contributed by atoms with Crippen molar-refractivity contribution >= 4 is 11.9 Å². The lowest BCUT2D eigenvalue weighted by Gasteiger charge is -2.11. The van der Waals surface area contributed by atoms with Gasteiger partial charge in [0.15, 0.2) is 0 Å². The van der Waals surface area contributed by atoms with E-state index in [1.165, 1.54) is 24.8 Å². The van der Waals surface area contributed by atoms with Crippen LogP contribution in [0, 0.1) is 0 Å². The van der Waals surface area contributed by atoms with Gasteiger partial charge >= 0.3 is 11.9 Å². The first-order chi connectivity index (χ1) is 11.9. The number of benzene rings is 1. The largest absolute Gasteiger partial charge is 0.494 e. The normalized spacial score (nSPS) is 11.2. The number of unbranched alkanes of at least 4 members (excludes halogenated alkanes) is 1. The monoisotopic (exact) mass is 353 g/mol. The summed E-state index contributed by atoms with van der Waals surface area (Å²) < 4.78 is 5.74. The molecule has 0 spiro atoms. The maximum Gasteiger partial charge on any atom is 0.414 e. The molecule has 0 amide bonds. The lowest BCUT2D eigenvalue weighted by molar-refractivity contribution is -0.159. The zero-order valence-corrected chi connectivity index (χ0v) is 15.5. The molecule has 142 valence electrons. The summed E-state index contributed by atoms with van der Waals surface area (Å²) >= 11 is 0. The lowest BCUT2D eigenvalue weighted by atomic mass is 9.99. The highest BCUT2D eigenvalue weighted by Crippen LogP contribution is 2.21. The number of carbonyl (C=O) groups is 2. The summed E-state index contributed by atoms with van der Waals surface area (Å²) in [6, 6.07) is 8.55. The van der Waals surface area contributed by atoms with Gasteiger partial charge in [-0.1, -0.05) is 39.3 Å². The average Bonchev–Trinajstić information content (AvgIpc) is 2.61. The van der Waals surface area contributed by atoms with Crippen molar-refractivity contribution in [2.75, 3.05) is 19.7 Å². The molecule has 0 bridgehead atoms. The summed E-state index contributed by atoms with van der Waals surface area (Å²) in [5.74, 6) is -2.03. The van der Waals surface area contributed by atoms with Crippen molar-refractivity contribution < 1.29 is 24.5 Å². The number of nitrogens with one attached hydrogen (secondary N) is 1. The van der Waals surface area contributed by atoms with Crippen molar-refractivity contribution in [1.29, 1.82) is 0 Å². The molecule has 0 aromatic heterocycles. The highest BCUT2D eigenvalue weighted by Gasteiger charge is 2.04. The van der Waals surface area contributed by atoms with Gasteiger partial charge in [0.05, 0.1) is 6.61 Å². The van der Waals surface area contributed by atoms with Crippen LogP contribution in [0.2, 0.25) is 0 Å². The second kappa shape index (κ2) is 14.3. The first kappa shape index (κ1) is 22.9. The third-order valence-corrected chi connectivity index (χ3v) is 3.72. The summed E-state index contributed by atoms with van der Waals surface area (Å²) in [5, 5.41) is 18.2. The van der Waals surface area contributed by atoms with Gasteiger partial charge in [-0.05, 0) is 56.0 Å². The Hall–Kier alpha value is -2.08. The first-order valence-corrected chi connectivity index (χ1v) is 8.82. The van der Waals surface area contributed by atoms with Gasteiger partial charge in [0, 0.05) is 0 Å². The van der Waals surface area contributed by atoms with Gasteiger partial charge in [-0.2, -0.15) is 0 Å². The molecule has 1 unspecified atom stereocenters. The Morgan fingerprint density at radius 1 is 1.04 bits per heavy atom. The summed E-state index contributed by atoms with van der Waals surface area (Å²) in [7, 11) is 0. The molecule has 0 saturated heterocycles. The Labute approximate surface area is 150 Å². The highest BCUT2D eigenvalue weighted by molar-refractivity contribution is 6.27. The van der Waals surface area contributed by atoms with E-state index in [9.17, 15) is 0 Å². The first-order valence-electron chi connectivity index (χ1n) is 8.82. The predicted molar refractivity (Wildman–Crippen MR) is 98.3 cm³/mol. The number of aliphatic carboxylic acids is 2. The second-order valence-electron chi connectivity index (χ2n) is 5.79. The number of hydrogen-bond donors (Lipinski definition) is 3. The van der Waals surface area contributed by atoms with Gasteiger partial charge in [-0.25, -0.2) is 9.59 Å². The summed E-state index contributed by atoms with van der Waals surface area (Å²) in [5.41, 5.74) is 1.40. The van der Waals surface area contributed by atoms with Crippen LogP contribution >= 0.6 is 0 Å². The van der Waals surface area contributed by atoms with E-state index >= 15 is 0 Å². The van der Waals surface area contributed by atoms with E-state index in [4.69, 9.17) is 24.5 Å². The third kappa shape index (κ3) is 12.0. The molecule has 1 atom stereocenters. The molecule has 6 heteroatoms. The molecule has 1 aromatic rings. The molecular formula is C19H31NO5. The molecule has 1 aromatic carbocycles. The van der Waals surface area contributed by atoms with Gasteiger partial charge in [0.25, 0.3) is 0 Å². The minimum absolute atomic E-state index is 0.636. The second-order valence-corrected chi connectivity index (χ2v) is 5.79. The van der Waals surface area contributed by atoms with Gasteiger partial charge in [0.2, 0.25) is 0 Å². The number of carboxylic acids is 2. The fourth-order valence-corrected chi connectivity index (χ4v) is 1.94. The number of rotatable bonds is 10. The van der Waals surface area contributed by atoms with Crippen molar-refractivity contribution in [3.63, 3.8) is 0 Å². The van der Waals surface area contributed by atoms with Crippen LogP contribution in [0.15, 0.2) is 24.3 Å². The SMILES string of the molecule is CCCCNCCCOc1ccc(C(C)CC)cc1.O=C(O)C(=O)O. The summed E-state index contributed by atoms with van der Waals surface area (Å²) in [6.45, 7) is 9.67. The fourth-order valence-electron chi connectivity index (χ4n) is 1.94. The van der Waals surface area contributed by atoms with Crippen LogP contribution in [0.3, 0.4) is 0 Å². The van der Waals surface area contributed by atoms with Gasteiger partial charge in [-0.3, -0.25) is 0 Å². The quantitative estimate of drug-likeness (QED) is 0.440. The zero-order chi connectivity index (χ0) is 19.1. The maximum atomic E-state index is 9.10. The van der Waals surface area contributed by atoms with Crippen molar-refractivity contribution in [3.8, 4) is 5.75 Å². The van der Waals surface area contributed by atoms with E-state index in [1.54, 1.807) is 0 Å². The summed E-state index contributed by atoms with van der Waals surface area (Å²) in [6.07, 6.45) is 4.77. The smallest absolute Gasteiger partial charge is 0.414 e. The predicted octanol–water partition coefficient (Wildman–Crippen LogP) is 3.51.